The molecule has 1 heterocycles. The van der Waals surface area contributed by atoms with E-state index in [1.165, 1.54) is 6.07 Å². The number of hydrogen-bond acceptors (Lipinski definition) is 3. The number of aromatic hydroxyl groups is 1. The molecule has 2 N–H and O–H groups in total. The molecule has 0 spiro atoms. The van der Waals surface area contributed by atoms with Crippen LogP contribution < -0.4 is 5.32 Å². The molecular formula is C7H8N2O2. The lowest BCUT2D eigenvalue weighted by atomic mass is 10.3. The largest absolute Gasteiger partial charge is 0.506 e. The molecule has 0 aliphatic carbocycles. The summed E-state index contributed by atoms with van der Waals surface area (Å²) in [7, 11) is 0. The second-order valence-corrected chi connectivity index (χ2v) is 1.97. The molecular weight excluding hydrogens is 144 g/mol. The normalized spacial score (nSPS) is 9.09. The molecule has 11 heavy (non-hydrogen) atoms. The second-order valence-electron chi connectivity index (χ2n) is 1.97. The molecule has 0 saturated heterocycles. The van der Waals surface area contributed by atoms with E-state index < -0.39 is 0 Å². The minimum Gasteiger partial charge on any atom is -0.506 e. The predicted octanol–water partition coefficient (Wildman–Crippen LogP) is 0.0332. The molecule has 0 aliphatic heterocycles. The van der Waals surface area contributed by atoms with Crippen molar-refractivity contribution < 1.29 is 9.90 Å². The molecule has 4 nitrogen and oxygen atoms in total. The highest BCUT2D eigenvalue weighted by molar-refractivity contribution is 5.46. The summed E-state index contributed by atoms with van der Waals surface area (Å²) in [5, 5.41) is 11.5. The van der Waals surface area contributed by atoms with E-state index in [9.17, 15) is 4.79 Å². The summed E-state index contributed by atoms with van der Waals surface area (Å²) in [6, 6.07) is 3.15. The van der Waals surface area contributed by atoms with E-state index in [4.69, 9.17) is 5.11 Å². The molecule has 0 bridgehead atoms. The third-order valence-electron chi connectivity index (χ3n) is 1.22. The SMILES string of the molecule is O=CNCc1ncccc1O. The summed E-state index contributed by atoms with van der Waals surface area (Å²) in [5.41, 5.74) is 0.472. The van der Waals surface area contributed by atoms with Gasteiger partial charge in [-0.05, 0) is 12.1 Å². The van der Waals surface area contributed by atoms with Crippen molar-refractivity contribution in [3.05, 3.63) is 24.0 Å². The van der Waals surface area contributed by atoms with E-state index in [1.54, 1.807) is 12.3 Å². The van der Waals surface area contributed by atoms with E-state index in [-0.39, 0.29) is 12.3 Å². The van der Waals surface area contributed by atoms with Crippen molar-refractivity contribution in [2.45, 2.75) is 6.54 Å². The Morgan fingerprint density at radius 1 is 1.73 bits per heavy atom. The number of carbonyl (C=O) groups is 1. The van der Waals surface area contributed by atoms with Crippen LogP contribution in [0, 0.1) is 0 Å². The first-order valence-corrected chi connectivity index (χ1v) is 3.14. The van der Waals surface area contributed by atoms with E-state index in [2.05, 4.69) is 10.3 Å². The highest BCUT2D eigenvalue weighted by atomic mass is 16.3. The minimum absolute atomic E-state index is 0.0989. The van der Waals surface area contributed by atoms with Gasteiger partial charge in [0.1, 0.15) is 11.4 Å². The number of nitrogens with zero attached hydrogens (tertiary/aromatic N) is 1. The number of carbonyl (C=O) groups excluding carboxylic acids is 1. The van der Waals surface area contributed by atoms with Crippen LogP contribution in [0.25, 0.3) is 0 Å². The topological polar surface area (TPSA) is 62.2 Å². The van der Waals surface area contributed by atoms with Crippen LogP contribution in [0.5, 0.6) is 5.75 Å². The van der Waals surface area contributed by atoms with Gasteiger partial charge in [0.25, 0.3) is 0 Å². The lowest BCUT2D eigenvalue weighted by molar-refractivity contribution is -0.109. The Labute approximate surface area is 63.9 Å². The third-order valence-corrected chi connectivity index (χ3v) is 1.22. The maximum absolute atomic E-state index is 9.87. The number of rotatable bonds is 3. The lowest BCUT2D eigenvalue weighted by Gasteiger charge is -1.99. The molecule has 58 valence electrons. The predicted molar refractivity (Wildman–Crippen MR) is 38.8 cm³/mol. The Bertz CT molecular complexity index is 250. The molecule has 0 radical (unpaired) electrons. The lowest BCUT2D eigenvalue weighted by Crippen LogP contribution is -2.10. The quantitative estimate of drug-likeness (QED) is 0.601. The monoisotopic (exact) mass is 152 g/mol. The zero-order chi connectivity index (χ0) is 8.10. The zero-order valence-electron chi connectivity index (χ0n) is 5.82. The highest BCUT2D eigenvalue weighted by Gasteiger charge is 1.97. The van der Waals surface area contributed by atoms with E-state index >= 15 is 0 Å². The van der Waals surface area contributed by atoms with E-state index in [1.807, 2.05) is 0 Å². The van der Waals surface area contributed by atoms with Crippen molar-refractivity contribution in [2.75, 3.05) is 0 Å². The Hall–Kier alpha value is -1.58. The molecule has 1 amide bonds. The van der Waals surface area contributed by atoms with Crippen LogP contribution in [0.1, 0.15) is 5.69 Å². The fourth-order valence-electron chi connectivity index (χ4n) is 0.704. The molecule has 0 fully saturated rings. The fourth-order valence-corrected chi connectivity index (χ4v) is 0.704. The number of amides is 1. The molecule has 0 saturated carbocycles. The second kappa shape index (κ2) is 3.55. The van der Waals surface area contributed by atoms with Crippen molar-refractivity contribution in [1.29, 1.82) is 0 Å². The standard InChI is InChI=1S/C7H8N2O2/c10-5-8-4-6-7(11)2-1-3-9-6/h1-3,5,11H,4H2,(H,8,10). The molecule has 1 aromatic heterocycles. The highest BCUT2D eigenvalue weighted by Crippen LogP contribution is 2.10. The molecule has 1 aromatic rings. The first kappa shape index (κ1) is 7.53. The van der Waals surface area contributed by atoms with Gasteiger partial charge in [-0.15, -0.1) is 0 Å². The Balaban J connectivity index is 2.69. The van der Waals surface area contributed by atoms with Crippen molar-refractivity contribution in [1.82, 2.24) is 10.3 Å². The summed E-state index contributed by atoms with van der Waals surface area (Å²) >= 11 is 0. The van der Waals surface area contributed by atoms with E-state index in [0.717, 1.165) is 0 Å². The van der Waals surface area contributed by atoms with Gasteiger partial charge in [0.05, 0.1) is 6.54 Å². The summed E-state index contributed by atoms with van der Waals surface area (Å²) < 4.78 is 0. The molecule has 4 heteroatoms. The van der Waals surface area contributed by atoms with Gasteiger partial charge >= 0.3 is 0 Å². The van der Waals surface area contributed by atoms with Crippen molar-refractivity contribution in [3.8, 4) is 5.75 Å². The molecule has 0 atom stereocenters. The average Bonchev–Trinajstić information content (AvgIpc) is 2.03. The first-order chi connectivity index (χ1) is 5.34. The van der Waals surface area contributed by atoms with Crippen molar-refractivity contribution in [2.24, 2.45) is 0 Å². The summed E-state index contributed by atoms with van der Waals surface area (Å²) in [4.78, 5) is 13.7. The van der Waals surface area contributed by atoms with Gasteiger partial charge in [-0.2, -0.15) is 0 Å². The molecule has 1 rings (SSSR count). The Morgan fingerprint density at radius 3 is 3.18 bits per heavy atom. The van der Waals surface area contributed by atoms with Gasteiger partial charge in [0, 0.05) is 6.20 Å². The van der Waals surface area contributed by atoms with Gasteiger partial charge < -0.3 is 10.4 Å². The number of nitrogens with one attached hydrogen (secondary N) is 1. The van der Waals surface area contributed by atoms with Gasteiger partial charge in [-0.25, -0.2) is 0 Å². The molecule has 0 aromatic carbocycles. The third kappa shape index (κ3) is 1.93. The van der Waals surface area contributed by atoms with Crippen LogP contribution >= 0.6 is 0 Å². The van der Waals surface area contributed by atoms with Crippen molar-refractivity contribution in [3.63, 3.8) is 0 Å². The molecule has 0 aliphatic rings. The first-order valence-electron chi connectivity index (χ1n) is 3.14. The smallest absolute Gasteiger partial charge is 0.207 e. The van der Waals surface area contributed by atoms with E-state index in [0.29, 0.717) is 12.1 Å². The number of aromatic nitrogens is 1. The van der Waals surface area contributed by atoms with Crippen LogP contribution in [0.4, 0.5) is 0 Å². The minimum atomic E-state index is 0.0989. The Kier molecular flexibility index (Phi) is 2.43. The van der Waals surface area contributed by atoms with Gasteiger partial charge in [0.2, 0.25) is 6.41 Å². The maximum Gasteiger partial charge on any atom is 0.207 e. The number of hydrogen-bond donors (Lipinski definition) is 2. The van der Waals surface area contributed by atoms with Crippen LogP contribution in [-0.2, 0) is 11.3 Å². The maximum atomic E-state index is 9.87. The van der Waals surface area contributed by atoms with Gasteiger partial charge in [0.15, 0.2) is 0 Å². The molecule has 0 unspecified atom stereocenters. The fraction of sp³-hybridized carbons (Fsp3) is 0.143. The van der Waals surface area contributed by atoms with Crippen molar-refractivity contribution >= 4 is 6.41 Å². The zero-order valence-corrected chi connectivity index (χ0v) is 5.82. The average molecular weight is 152 g/mol. The summed E-state index contributed by atoms with van der Waals surface area (Å²) in [5.74, 6) is 0.0989. The van der Waals surface area contributed by atoms with Gasteiger partial charge in [-0.1, -0.05) is 0 Å². The summed E-state index contributed by atoms with van der Waals surface area (Å²) in [6.45, 7) is 0.260. The van der Waals surface area contributed by atoms with Crippen LogP contribution in [-0.4, -0.2) is 16.5 Å². The van der Waals surface area contributed by atoms with Crippen LogP contribution in [0.2, 0.25) is 0 Å². The Morgan fingerprint density at radius 2 is 2.55 bits per heavy atom. The van der Waals surface area contributed by atoms with Gasteiger partial charge in [-0.3, -0.25) is 9.78 Å². The van der Waals surface area contributed by atoms with Crippen LogP contribution in [0.15, 0.2) is 18.3 Å². The van der Waals surface area contributed by atoms with Crippen LogP contribution in [0.3, 0.4) is 0 Å². The number of pyridine rings is 1. The summed E-state index contributed by atoms with van der Waals surface area (Å²) in [6.07, 6.45) is 2.12.